The smallest absolute Gasteiger partial charge is 0.290 e. The molecular formula is C11H14N4O. The molecule has 5 heteroatoms. The number of H-pyrrole nitrogens is 1. The first-order valence-corrected chi connectivity index (χ1v) is 5.41. The topological polar surface area (TPSA) is 70.7 Å². The Morgan fingerprint density at radius 1 is 1.62 bits per heavy atom. The van der Waals surface area contributed by atoms with Gasteiger partial charge in [-0.3, -0.25) is 9.89 Å². The standard InChI is InChI=1S/C11H14N4O/c1-2-3-4-7-12-11(16)10-13-9(14-15-10)8-5-6-8/h8H,4-7H2,1H3,(H,12,16)(H,13,14,15). The first-order valence-electron chi connectivity index (χ1n) is 5.41. The van der Waals surface area contributed by atoms with Crippen molar-refractivity contribution < 1.29 is 4.79 Å². The summed E-state index contributed by atoms with van der Waals surface area (Å²) in [5.74, 6) is 6.96. The molecule has 2 rings (SSSR count). The summed E-state index contributed by atoms with van der Waals surface area (Å²) in [6.07, 6.45) is 2.94. The third kappa shape index (κ3) is 2.60. The molecule has 0 aliphatic heterocycles. The van der Waals surface area contributed by atoms with Gasteiger partial charge in [0.15, 0.2) is 0 Å². The van der Waals surface area contributed by atoms with Gasteiger partial charge in [-0.15, -0.1) is 16.9 Å². The number of carbonyl (C=O) groups is 1. The highest BCUT2D eigenvalue weighted by atomic mass is 16.2. The predicted molar refractivity (Wildman–Crippen MR) is 58.8 cm³/mol. The van der Waals surface area contributed by atoms with Gasteiger partial charge >= 0.3 is 0 Å². The van der Waals surface area contributed by atoms with Crippen LogP contribution in [0.25, 0.3) is 0 Å². The van der Waals surface area contributed by atoms with Crippen molar-refractivity contribution in [2.75, 3.05) is 6.54 Å². The number of carbonyl (C=O) groups excluding carboxylic acids is 1. The summed E-state index contributed by atoms with van der Waals surface area (Å²) in [4.78, 5) is 15.7. The largest absolute Gasteiger partial charge is 0.348 e. The maximum absolute atomic E-state index is 11.6. The zero-order chi connectivity index (χ0) is 11.4. The van der Waals surface area contributed by atoms with Crippen molar-refractivity contribution >= 4 is 5.91 Å². The molecule has 0 radical (unpaired) electrons. The number of nitrogens with one attached hydrogen (secondary N) is 2. The first kappa shape index (κ1) is 10.7. The highest BCUT2D eigenvalue weighted by molar-refractivity contribution is 5.90. The Labute approximate surface area is 94.0 Å². The van der Waals surface area contributed by atoms with Crippen molar-refractivity contribution in [2.24, 2.45) is 0 Å². The number of nitrogens with zero attached hydrogens (tertiary/aromatic N) is 2. The third-order valence-corrected chi connectivity index (χ3v) is 2.38. The quantitative estimate of drug-likeness (QED) is 0.580. The van der Waals surface area contributed by atoms with Crippen LogP contribution in [0.3, 0.4) is 0 Å². The van der Waals surface area contributed by atoms with Crippen LogP contribution < -0.4 is 5.32 Å². The normalized spacial score (nSPS) is 14.1. The number of hydrogen-bond donors (Lipinski definition) is 2. The van der Waals surface area contributed by atoms with Crippen LogP contribution in [-0.2, 0) is 0 Å². The Balaban J connectivity index is 1.84. The summed E-state index contributed by atoms with van der Waals surface area (Å²) >= 11 is 0. The lowest BCUT2D eigenvalue weighted by atomic mass is 10.4. The van der Waals surface area contributed by atoms with Gasteiger partial charge in [0.2, 0.25) is 5.82 Å². The van der Waals surface area contributed by atoms with Crippen molar-refractivity contribution in [3.8, 4) is 11.8 Å². The van der Waals surface area contributed by atoms with Gasteiger partial charge < -0.3 is 5.32 Å². The predicted octanol–water partition coefficient (Wildman–Crippen LogP) is 0.825. The highest BCUT2D eigenvalue weighted by Crippen LogP contribution is 2.37. The number of rotatable bonds is 4. The van der Waals surface area contributed by atoms with Crippen LogP contribution >= 0.6 is 0 Å². The van der Waals surface area contributed by atoms with Gasteiger partial charge in [0.1, 0.15) is 5.82 Å². The van der Waals surface area contributed by atoms with Gasteiger partial charge in [-0.2, -0.15) is 0 Å². The van der Waals surface area contributed by atoms with Crippen molar-refractivity contribution in [3.05, 3.63) is 11.6 Å². The van der Waals surface area contributed by atoms with E-state index in [0.29, 0.717) is 18.9 Å². The van der Waals surface area contributed by atoms with Crippen molar-refractivity contribution in [2.45, 2.75) is 32.1 Å². The molecule has 1 saturated carbocycles. The maximum atomic E-state index is 11.6. The van der Waals surface area contributed by atoms with E-state index in [0.717, 1.165) is 18.7 Å². The average molecular weight is 218 g/mol. The van der Waals surface area contributed by atoms with E-state index in [9.17, 15) is 4.79 Å². The zero-order valence-corrected chi connectivity index (χ0v) is 9.21. The van der Waals surface area contributed by atoms with E-state index in [1.807, 2.05) is 0 Å². The third-order valence-electron chi connectivity index (χ3n) is 2.38. The molecule has 0 bridgehead atoms. The SMILES string of the molecule is CC#CCCNC(=O)c1n[nH]c(C2CC2)n1. The molecule has 0 unspecified atom stereocenters. The van der Waals surface area contributed by atoms with Crippen LogP contribution in [0.4, 0.5) is 0 Å². The van der Waals surface area contributed by atoms with E-state index in [-0.39, 0.29) is 11.7 Å². The summed E-state index contributed by atoms with van der Waals surface area (Å²) in [6.45, 7) is 2.31. The molecule has 1 aromatic rings. The van der Waals surface area contributed by atoms with Crippen LogP contribution in [0, 0.1) is 11.8 Å². The number of aromatic amines is 1. The van der Waals surface area contributed by atoms with Crippen LogP contribution in [-0.4, -0.2) is 27.6 Å². The summed E-state index contributed by atoms with van der Waals surface area (Å²) in [5.41, 5.74) is 0. The molecule has 5 nitrogen and oxygen atoms in total. The lowest BCUT2D eigenvalue weighted by molar-refractivity contribution is 0.0944. The summed E-state index contributed by atoms with van der Waals surface area (Å²) in [7, 11) is 0. The Kier molecular flexibility index (Phi) is 3.20. The van der Waals surface area contributed by atoms with Gasteiger partial charge in [-0.05, 0) is 19.8 Å². The van der Waals surface area contributed by atoms with Gasteiger partial charge in [0.25, 0.3) is 5.91 Å². The first-order chi connectivity index (χ1) is 7.81. The van der Waals surface area contributed by atoms with E-state index in [2.05, 4.69) is 32.3 Å². The number of aromatic nitrogens is 3. The molecule has 16 heavy (non-hydrogen) atoms. The van der Waals surface area contributed by atoms with E-state index in [1.54, 1.807) is 6.92 Å². The highest BCUT2D eigenvalue weighted by Gasteiger charge is 2.27. The fourth-order valence-electron chi connectivity index (χ4n) is 1.36. The minimum atomic E-state index is -0.235. The summed E-state index contributed by atoms with van der Waals surface area (Å²) in [5, 5.41) is 9.41. The molecule has 1 aliphatic carbocycles. The average Bonchev–Trinajstić information content (AvgIpc) is 3.02. The second kappa shape index (κ2) is 4.79. The molecule has 0 saturated heterocycles. The van der Waals surface area contributed by atoms with Crippen LogP contribution in [0.5, 0.6) is 0 Å². The maximum Gasteiger partial charge on any atom is 0.290 e. The molecule has 0 aromatic carbocycles. The minimum Gasteiger partial charge on any atom is -0.348 e. The Morgan fingerprint density at radius 2 is 2.44 bits per heavy atom. The number of hydrogen-bond acceptors (Lipinski definition) is 3. The van der Waals surface area contributed by atoms with Crippen LogP contribution in [0.2, 0.25) is 0 Å². The van der Waals surface area contributed by atoms with Crippen molar-refractivity contribution in [1.82, 2.24) is 20.5 Å². The molecular weight excluding hydrogens is 204 g/mol. The molecule has 2 N–H and O–H groups in total. The van der Waals surface area contributed by atoms with Crippen LogP contribution in [0.15, 0.2) is 0 Å². The molecule has 1 heterocycles. The molecule has 84 valence electrons. The molecule has 1 aromatic heterocycles. The molecule has 1 amide bonds. The fourth-order valence-corrected chi connectivity index (χ4v) is 1.36. The molecule has 1 fully saturated rings. The Hall–Kier alpha value is -1.83. The second-order valence-electron chi connectivity index (χ2n) is 3.75. The Bertz CT molecular complexity index is 436. The van der Waals surface area contributed by atoms with Gasteiger partial charge in [0, 0.05) is 18.9 Å². The summed E-state index contributed by atoms with van der Waals surface area (Å²) in [6, 6.07) is 0. The number of amides is 1. The lowest BCUT2D eigenvalue weighted by Crippen LogP contribution is -2.25. The van der Waals surface area contributed by atoms with E-state index < -0.39 is 0 Å². The molecule has 0 spiro atoms. The van der Waals surface area contributed by atoms with Gasteiger partial charge in [-0.1, -0.05) is 0 Å². The second-order valence-corrected chi connectivity index (χ2v) is 3.75. The van der Waals surface area contributed by atoms with Gasteiger partial charge in [0.05, 0.1) is 0 Å². The van der Waals surface area contributed by atoms with E-state index >= 15 is 0 Å². The minimum absolute atomic E-state index is 0.228. The zero-order valence-electron chi connectivity index (χ0n) is 9.21. The van der Waals surface area contributed by atoms with Crippen LogP contribution in [0.1, 0.15) is 48.5 Å². The monoisotopic (exact) mass is 218 g/mol. The van der Waals surface area contributed by atoms with Crippen molar-refractivity contribution in [3.63, 3.8) is 0 Å². The van der Waals surface area contributed by atoms with E-state index in [4.69, 9.17) is 0 Å². The molecule has 0 atom stereocenters. The van der Waals surface area contributed by atoms with Crippen molar-refractivity contribution in [1.29, 1.82) is 0 Å². The fraction of sp³-hybridized carbons (Fsp3) is 0.545. The Morgan fingerprint density at radius 3 is 3.12 bits per heavy atom. The van der Waals surface area contributed by atoms with Gasteiger partial charge in [-0.25, -0.2) is 4.98 Å². The van der Waals surface area contributed by atoms with E-state index in [1.165, 1.54) is 0 Å². The lowest BCUT2D eigenvalue weighted by Gasteiger charge is -1.97. The summed E-state index contributed by atoms with van der Waals surface area (Å²) < 4.78 is 0. The molecule has 1 aliphatic rings.